The summed E-state index contributed by atoms with van der Waals surface area (Å²) in [5, 5.41) is 0. The molecule has 2 rings (SSSR count). The molecule has 2 unspecified atom stereocenters. The summed E-state index contributed by atoms with van der Waals surface area (Å²) in [6, 6.07) is 12.7. The van der Waals surface area contributed by atoms with Crippen LogP contribution in [-0.4, -0.2) is 31.7 Å². The summed E-state index contributed by atoms with van der Waals surface area (Å²) in [5.74, 6) is -3.43. The molecule has 2 aromatic rings. The van der Waals surface area contributed by atoms with E-state index >= 15 is 0 Å². The van der Waals surface area contributed by atoms with Crippen molar-refractivity contribution in [3.05, 3.63) is 54.1 Å². The van der Waals surface area contributed by atoms with E-state index in [4.69, 9.17) is 0 Å². The Morgan fingerprint density at radius 1 is 1.00 bits per heavy atom. The molecule has 0 aromatic heterocycles. The lowest BCUT2D eigenvalue weighted by Gasteiger charge is -2.27. The molecule has 0 aliphatic carbocycles. The van der Waals surface area contributed by atoms with Crippen LogP contribution in [0, 0.1) is 0 Å². The SMILES string of the molecule is CC(c1ccc(S(C)=O)cc1)N(C)c1ccc(S(=O)(=O)C(F)F)cc1. The highest BCUT2D eigenvalue weighted by Gasteiger charge is 2.26. The molecule has 8 heteroatoms. The number of hydrogen-bond acceptors (Lipinski definition) is 4. The monoisotopic (exact) mass is 387 g/mol. The van der Waals surface area contributed by atoms with Crippen molar-refractivity contribution in [1.29, 1.82) is 0 Å². The van der Waals surface area contributed by atoms with E-state index in [1.807, 2.05) is 31.0 Å². The van der Waals surface area contributed by atoms with Crippen molar-refractivity contribution in [2.75, 3.05) is 18.2 Å². The Kier molecular flexibility index (Phi) is 5.95. The first-order valence-corrected chi connectivity index (χ1v) is 10.5. The van der Waals surface area contributed by atoms with Gasteiger partial charge in [-0.15, -0.1) is 0 Å². The number of halogens is 2. The molecular formula is C17H19F2NO3S2. The third-order valence-electron chi connectivity index (χ3n) is 4.08. The molecule has 0 saturated carbocycles. The summed E-state index contributed by atoms with van der Waals surface area (Å²) in [4.78, 5) is 2.23. The number of sulfone groups is 1. The van der Waals surface area contributed by atoms with Gasteiger partial charge in [0.25, 0.3) is 0 Å². The summed E-state index contributed by atoms with van der Waals surface area (Å²) in [5.41, 5.74) is 1.69. The summed E-state index contributed by atoms with van der Waals surface area (Å²) >= 11 is 0. The maximum atomic E-state index is 12.6. The van der Waals surface area contributed by atoms with Crippen molar-refractivity contribution in [2.45, 2.75) is 28.5 Å². The molecule has 0 spiro atoms. The van der Waals surface area contributed by atoms with Crippen LogP contribution in [0.4, 0.5) is 14.5 Å². The minimum Gasteiger partial charge on any atom is -0.368 e. The summed E-state index contributed by atoms with van der Waals surface area (Å²) < 4.78 is 59.5. The highest BCUT2D eigenvalue weighted by molar-refractivity contribution is 7.91. The van der Waals surface area contributed by atoms with Crippen molar-refractivity contribution in [3.8, 4) is 0 Å². The molecule has 0 aliphatic heterocycles. The Hall–Kier alpha value is -1.80. The van der Waals surface area contributed by atoms with Crippen molar-refractivity contribution < 1.29 is 21.4 Å². The number of rotatable bonds is 6. The van der Waals surface area contributed by atoms with Crippen LogP contribution in [0.5, 0.6) is 0 Å². The zero-order valence-electron chi connectivity index (χ0n) is 14.0. The van der Waals surface area contributed by atoms with Crippen LogP contribution < -0.4 is 4.90 Å². The molecule has 4 nitrogen and oxygen atoms in total. The van der Waals surface area contributed by atoms with Gasteiger partial charge in [0, 0.05) is 34.7 Å². The Morgan fingerprint density at radius 3 is 1.96 bits per heavy atom. The predicted octanol–water partition coefficient (Wildman–Crippen LogP) is 3.62. The van der Waals surface area contributed by atoms with Crippen LogP contribution in [0.3, 0.4) is 0 Å². The number of nitrogens with zero attached hydrogens (tertiary/aromatic N) is 1. The third-order valence-corrected chi connectivity index (χ3v) is 6.42. The molecule has 0 bridgehead atoms. The molecule has 25 heavy (non-hydrogen) atoms. The van der Waals surface area contributed by atoms with E-state index in [0.29, 0.717) is 5.69 Å². The van der Waals surface area contributed by atoms with Gasteiger partial charge in [0.05, 0.1) is 10.9 Å². The molecule has 0 heterocycles. The molecule has 2 atom stereocenters. The van der Waals surface area contributed by atoms with Gasteiger partial charge < -0.3 is 4.90 Å². The predicted molar refractivity (Wildman–Crippen MR) is 95.2 cm³/mol. The number of hydrogen-bond donors (Lipinski definition) is 0. The van der Waals surface area contributed by atoms with Crippen molar-refractivity contribution in [3.63, 3.8) is 0 Å². The average Bonchev–Trinajstić information content (AvgIpc) is 2.60. The zero-order chi connectivity index (χ0) is 18.8. The van der Waals surface area contributed by atoms with E-state index in [9.17, 15) is 21.4 Å². The van der Waals surface area contributed by atoms with Gasteiger partial charge in [0.2, 0.25) is 9.84 Å². The number of anilines is 1. The van der Waals surface area contributed by atoms with Gasteiger partial charge in [-0.05, 0) is 48.9 Å². The van der Waals surface area contributed by atoms with Crippen molar-refractivity contribution >= 4 is 26.3 Å². The number of benzene rings is 2. The summed E-state index contributed by atoms with van der Waals surface area (Å²) in [7, 11) is -3.80. The first-order valence-electron chi connectivity index (χ1n) is 7.43. The minimum atomic E-state index is -4.59. The quantitative estimate of drug-likeness (QED) is 0.760. The molecule has 0 radical (unpaired) electrons. The van der Waals surface area contributed by atoms with Crippen LogP contribution >= 0.6 is 0 Å². The summed E-state index contributed by atoms with van der Waals surface area (Å²) in [6.45, 7) is 1.96. The lowest BCUT2D eigenvalue weighted by molar-refractivity contribution is 0.234. The second-order valence-corrected chi connectivity index (χ2v) is 8.91. The van der Waals surface area contributed by atoms with Gasteiger partial charge in [-0.2, -0.15) is 8.78 Å². The molecular weight excluding hydrogens is 368 g/mol. The smallest absolute Gasteiger partial charge is 0.341 e. The van der Waals surface area contributed by atoms with E-state index in [0.717, 1.165) is 10.5 Å². The molecule has 0 saturated heterocycles. The van der Waals surface area contributed by atoms with E-state index < -0.39 is 31.3 Å². The fraction of sp³-hybridized carbons (Fsp3) is 0.294. The fourth-order valence-electron chi connectivity index (χ4n) is 2.36. The molecule has 0 N–H and O–H groups in total. The zero-order valence-corrected chi connectivity index (χ0v) is 15.7. The molecule has 0 fully saturated rings. The lowest BCUT2D eigenvalue weighted by atomic mass is 10.1. The maximum absolute atomic E-state index is 12.6. The average molecular weight is 387 g/mol. The second kappa shape index (κ2) is 7.61. The van der Waals surface area contributed by atoms with Gasteiger partial charge in [0.15, 0.2) is 0 Å². The van der Waals surface area contributed by atoms with E-state index in [-0.39, 0.29) is 6.04 Å². The normalized spacial score (nSPS) is 14.3. The first kappa shape index (κ1) is 19.5. The Bertz CT molecular complexity index is 850. The maximum Gasteiger partial charge on any atom is 0.341 e. The van der Waals surface area contributed by atoms with Gasteiger partial charge >= 0.3 is 5.76 Å². The fourth-order valence-corrected chi connectivity index (χ4v) is 3.60. The number of alkyl halides is 2. The highest BCUT2D eigenvalue weighted by Crippen LogP contribution is 2.28. The second-order valence-electron chi connectivity index (χ2n) is 5.61. The molecule has 136 valence electrons. The lowest BCUT2D eigenvalue weighted by Crippen LogP contribution is -2.21. The summed E-state index contributed by atoms with van der Waals surface area (Å²) in [6.07, 6.45) is 1.61. The van der Waals surface area contributed by atoms with Gasteiger partial charge in [-0.3, -0.25) is 4.21 Å². The van der Waals surface area contributed by atoms with Gasteiger partial charge in [-0.25, -0.2) is 8.42 Å². The Balaban J connectivity index is 2.22. The largest absolute Gasteiger partial charge is 0.368 e. The van der Waals surface area contributed by atoms with Crippen LogP contribution in [-0.2, 0) is 20.6 Å². The van der Waals surface area contributed by atoms with Crippen LogP contribution in [0.25, 0.3) is 0 Å². The van der Waals surface area contributed by atoms with E-state index in [2.05, 4.69) is 0 Å². The Morgan fingerprint density at radius 2 is 1.52 bits per heavy atom. The topological polar surface area (TPSA) is 54.5 Å². The first-order chi connectivity index (χ1) is 11.6. The molecule has 0 aliphatic rings. The van der Waals surface area contributed by atoms with Crippen LogP contribution in [0.1, 0.15) is 18.5 Å². The van der Waals surface area contributed by atoms with Crippen LogP contribution in [0.2, 0.25) is 0 Å². The Labute approximate surface area is 148 Å². The van der Waals surface area contributed by atoms with Gasteiger partial charge in [-0.1, -0.05) is 12.1 Å². The van der Waals surface area contributed by atoms with Crippen molar-refractivity contribution in [1.82, 2.24) is 0 Å². The van der Waals surface area contributed by atoms with Crippen molar-refractivity contribution in [2.24, 2.45) is 0 Å². The van der Waals surface area contributed by atoms with Gasteiger partial charge in [0.1, 0.15) is 0 Å². The molecule has 0 amide bonds. The van der Waals surface area contributed by atoms with E-state index in [1.54, 1.807) is 18.4 Å². The standard InChI is InChI=1S/C17H19F2NO3S2/c1-12(13-4-8-15(9-5-13)24(3)21)20(2)14-6-10-16(11-7-14)25(22,23)17(18)19/h4-12,17H,1-3H3. The van der Waals surface area contributed by atoms with E-state index in [1.165, 1.54) is 24.3 Å². The van der Waals surface area contributed by atoms with Crippen LogP contribution in [0.15, 0.2) is 58.3 Å². The minimum absolute atomic E-state index is 0.0445. The third kappa shape index (κ3) is 4.24. The molecule has 2 aromatic carbocycles. The highest BCUT2D eigenvalue weighted by atomic mass is 32.2.